The third-order valence-corrected chi connectivity index (χ3v) is 3.99. The van der Waals surface area contributed by atoms with Gasteiger partial charge in [0.25, 0.3) is 0 Å². The first kappa shape index (κ1) is 11.4. The molecule has 1 saturated carbocycles. The lowest BCUT2D eigenvalue weighted by Crippen LogP contribution is -2.33. The molecular weight excluding hydrogens is 188 g/mol. The van der Waals surface area contributed by atoms with Crippen molar-refractivity contribution >= 4 is 0 Å². The number of likely N-dealkylation sites (tertiary alicyclic amines) is 1. The smallest absolute Gasteiger partial charge is 0.0720 e. The van der Waals surface area contributed by atoms with Gasteiger partial charge < -0.3 is 9.74 Å². The Balaban J connectivity index is 1.78. The van der Waals surface area contributed by atoms with Gasteiger partial charge in [0.15, 0.2) is 0 Å². The molecule has 1 heterocycles. The fourth-order valence-electron chi connectivity index (χ4n) is 3.09. The van der Waals surface area contributed by atoms with Gasteiger partial charge in [0.2, 0.25) is 0 Å². The molecule has 0 radical (unpaired) electrons. The number of rotatable bonds is 3. The molecule has 3 heteroatoms. The lowest BCUT2D eigenvalue weighted by atomic mass is 10.1. The summed E-state index contributed by atoms with van der Waals surface area (Å²) in [7, 11) is 0. The minimum atomic E-state index is 0.679. The average Bonchev–Trinajstić information content (AvgIpc) is 2.53. The van der Waals surface area contributed by atoms with Crippen molar-refractivity contribution in [1.82, 2.24) is 4.90 Å². The molecule has 1 unspecified atom stereocenters. The van der Waals surface area contributed by atoms with Gasteiger partial charge >= 0.3 is 0 Å². The molecule has 2 rings (SSSR count). The van der Waals surface area contributed by atoms with Crippen LogP contribution in [-0.2, 0) is 4.84 Å². The predicted molar refractivity (Wildman–Crippen MR) is 61.3 cm³/mol. The second-order valence-electron chi connectivity index (χ2n) is 5.13. The molecule has 1 aliphatic carbocycles. The highest BCUT2D eigenvalue weighted by molar-refractivity contribution is 4.82. The van der Waals surface area contributed by atoms with Crippen LogP contribution < -0.4 is 5.90 Å². The highest BCUT2D eigenvalue weighted by atomic mass is 16.6. The normalized spacial score (nSPS) is 30.6. The highest BCUT2D eigenvalue weighted by Crippen LogP contribution is 2.26. The van der Waals surface area contributed by atoms with Crippen molar-refractivity contribution in [3.05, 3.63) is 0 Å². The molecule has 1 saturated heterocycles. The Morgan fingerprint density at radius 3 is 2.47 bits per heavy atom. The molecule has 15 heavy (non-hydrogen) atoms. The molecule has 0 aromatic heterocycles. The summed E-state index contributed by atoms with van der Waals surface area (Å²) >= 11 is 0. The third-order valence-electron chi connectivity index (χ3n) is 3.99. The third kappa shape index (κ3) is 3.16. The largest absolute Gasteiger partial charge is 0.304 e. The van der Waals surface area contributed by atoms with Gasteiger partial charge in [0.1, 0.15) is 0 Å². The molecular formula is C12H24N2O. The quantitative estimate of drug-likeness (QED) is 0.574. The van der Waals surface area contributed by atoms with Gasteiger partial charge in [0, 0.05) is 12.6 Å². The molecule has 0 aromatic carbocycles. The van der Waals surface area contributed by atoms with E-state index >= 15 is 0 Å². The van der Waals surface area contributed by atoms with Crippen LogP contribution >= 0.6 is 0 Å². The Labute approximate surface area is 92.9 Å². The van der Waals surface area contributed by atoms with Crippen molar-refractivity contribution in [3.63, 3.8) is 0 Å². The molecule has 2 N–H and O–H groups in total. The van der Waals surface area contributed by atoms with E-state index in [2.05, 4.69) is 4.90 Å². The van der Waals surface area contributed by atoms with Crippen LogP contribution in [0.15, 0.2) is 0 Å². The zero-order chi connectivity index (χ0) is 10.5. The summed E-state index contributed by atoms with van der Waals surface area (Å²) in [5.74, 6) is 5.82. The summed E-state index contributed by atoms with van der Waals surface area (Å²) in [6.45, 7) is 3.21. The highest BCUT2D eigenvalue weighted by Gasteiger charge is 2.28. The van der Waals surface area contributed by atoms with E-state index in [0.29, 0.717) is 5.92 Å². The summed E-state index contributed by atoms with van der Waals surface area (Å²) in [4.78, 5) is 7.44. The first-order valence-electron chi connectivity index (χ1n) is 6.46. The second kappa shape index (κ2) is 5.83. The van der Waals surface area contributed by atoms with Crippen molar-refractivity contribution in [2.24, 2.45) is 11.8 Å². The van der Waals surface area contributed by atoms with Crippen molar-refractivity contribution < 1.29 is 4.84 Å². The fraction of sp³-hybridized carbons (Fsp3) is 1.00. The second-order valence-corrected chi connectivity index (χ2v) is 5.13. The van der Waals surface area contributed by atoms with Crippen LogP contribution in [0.3, 0.4) is 0 Å². The number of hydrogen-bond acceptors (Lipinski definition) is 3. The van der Waals surface area contributed by atoms with Gasteiger partial charge in [-0.15, -0.1) is 0 Å². The van der Waals surface area contributed by atoms with Gasteiger partial charge in [0.05, 0.1) is 6.61 Å². The molecule has 1 atom stereocenters. The van der Waals surface area contributed by atoms with Gasteiger partial charge in [-0.3, -0.25) is 0 Å². The Kier molecular flexibility index (Phi) is 4.42. The lowest BCUT2D eigenvalue weighted by molar-refractivity contribution is 0.0992. The summed E-state index contributed by atoms with van der Waals surface area (Å²) in [6, 6.07) is 0.857. The monoisotopic (exact) mass is 212 g/mol. The molecule has 0 amide bonds. The maximum atomic E-state index is 5.14. The van der Waals surface area contributed by atoms with Crippen LogP contribution in [0, 0.1) is 5.92 Å². The molecule has 0 aromatic rings. The Hall–Kier alpha value is -0.120. The van der Waals surface area contributed by atoms with Gasteiger partial charge in [-0.2, -0.15) is 0 Å². The van der Waals surface area contributed by atoms with E-state index in [0.717, 1.165) is 12.6 Å². The fourth-order valence-corrected chi connectivity index (χ4v) is 3.09. The van der Waals surface area contributed by atoms with E-state index in [9.17, 15) is 0 Å². The van der Waals surface area contributed by atoms with Crippen LogP contribution in [0.25, 0.3) is 0 Å². The summed E-state index contributed by atoms with van der Waals surface area (Å²) in [5.41, 5.74) is 0. The molecule has 2 fully saturated rings. The Bertz CT molecular complexity index is 178. The molecule has 2 aliphatic rings. The first-order valence-corrected chi connectivity index (χ1v) is 6.46. The van der Waals surface area contributed by atoms with Crippen LogP contribution in [0.5, 0.6) is 0 Å². The van der Waals surface area contributed by atoms with Crippen LogP contribution in [0.1, 0.15) is 44.9 Å². The Morgan fingerprint density at radius 2 is 1.80 bits per heavy atom. The van der Waals surface area contributed by atoms with E-state index in [-0.39, 0.29) is 0 Å². The van der Waals surface area contributed by atoms with E-state index in [1.165, 1.54) is 58.0 Å². The number of hydrogen-bond donors (Lipinski definition) is 1. The van der Waals surface area contributed by atoms with Crippen molar-refractivity contribution in [3.8, 4) is 0 Å². The average molecular weight is 212 g/mol. The summed E-state index contributed by atoms with van der Waals surface area (Å²) < 4.78 is 0. The minimum Gasteiger partial charge on any atom is -0.304 e. The molecule has 0 spiro atoms. The topological polar surface area (TPSA) is 38.5 Å². The Morgan fingerprint density at radius 1 is 1.07 bits per heavy atom. The molecule has 3 nitrogen and oxygen atoms in total. The van der Waals surface area contributed by atoms with Crippen LogP contribution in [0.4, 0.5) is 0 Å². The van der Waals surface area contributed by atoms with Crippen molar-refractivity contribution in [2.45, 2.75) is 51.0 Å². The van der Waals surface area contributed by atoms with Gasteiger partial charge in [-0.25, -0.2) is 5.90 Å². The van der Waals surface area contributed by atoms with Gasteiger partial charge in [-0.1, -0.05) is 25.7 Å². The molecule has 88 valence electrons. The van der Waals surface area contributed by atoms with E-state index in [1.54, 1.807) is 0 Å². The number of nitrogens with two attached hydrogens (primary N) is 1. The SMILES string of the molecule is NOCC1CCN(C2CCCCCC2)C1. The van der Waals surface area contributed by atoms with Gasteiger partial charge in [-0.05, 0) is 31.7 Å². The van der Waals surface area contributed by atoms with Crippen molar-refractivity contribution in [1.29, 1.82) is 0 Å². The van der Waals surface area contributed by atoms with Crippen molar-refractivity contribution in [2.75, 3.05) is 19.7 Å². The molecule has 0 bridgehead atoms. The summed E-state index contributed by atoms with van der Waals surface area (Å²) in [5, 5.41) is 0. The van der Waals surface area contributed by atoms with E-state index in [1.807, 2.05) is 0 Å². The maximum Gasteiger partial charge on any atom is 0.0720 e. The zero-order valence-corrected chi connectivity index (χ0v) is 9.66. The number of nitrogens with zero attached hydrogens (tertiary/aromatic N) is 1. The zero-order valence-electron chi connectivity index (χ0n) is 9.66. The first-order chi connectivity index (χ1) is 7.40. The lowest BCUT2D eigenvalue weighted by Gasteiger charge is -2.26. The minimum absolute atomic E-state index is 0.679. The summed E-state index contributed by atoms with van der Waals surface area (Å²) in [6.07, 6.45) is 9.85. The molecule has 1 aliphatic heterocycles. The maximum absolute atomic E-state index is 5.14. The standard InChI is InChI=1S/C12H24N2O/c13-15-10-11-7-8-14(9-11)12-5-3-1-2-4-6-12/h11-12H,1-10,13H2. The van der Waals surface area contributed by atoms with Crippen LogP contribution in [0.2, 0.25) is 0 Å². The predicted octanol–water partition coefficient (Wildman–Crippen LogP) is 1.92. The van der Waals surface area contributed by atoms with Crippen LogP contribution in [-0.4, -0.2) is 30.6 Å². The van der Waals surface area contributed by atoms with E-state index in [4.69, 9.17) is 10.7 Å². The van der Waals surface area contributed by atoms with E-state index < -0.39 is 0 Å².